The van der Waals surface area contributed by atoms with Crippen molar-refractivity contribution >= 4 is 21.6 Å². The van der Waals surface area contributed by atoms with E-state index in [2.05, 4.69) is 10.0 Å². The normalized spacial score (nSPS) is 12.1. The van der Waals surface area contributed by atoms with E-state index < -0.39 is 22.0 Å². The summed E-state index contributed by atoms with van der Waals surface area (Å²) in [6, 6.07) is 19.6. The molecule has 8 heteroatoms. The molecule has 1 unspecified atom stereocenters. The van der Waals surface area contributed by atoms with Crippen LogP contribution in [-0.4, -0.2) is 34.6 Å². The first kappa shape index (κ1) is 23.3. The molecule has 3 aromatic carbocycles. The highest BCUT2D eigenvalue weighted by atomic mass is 32.2. The first-order valence-corrected chi connectivity index (χ1v) is 11.5. The van der Waals surface area contributed by atoms with Crippen LogP contribution in [0.2, 0.25) is 0 Å². The van der Waals surface area contributed by atoms with Crippen molar-refractivity contribution in [1.82, 2.24) is 4.72 Å². The molecule has 0 fully saturated rings. The van der Waals surface area contributed by atoms with E-state index in [-0.39, 0.29) is 11.3 Å². The van der Waals surface area contributed by atoms with Crippen LogP contribution in [0.25, 0.3) is 0 Å². The van der Waals surface area contributed by atoms with Gasteiger partial charge in [0, 0.05) is 5.69 Å². The molecule has 0 saturated carbocycles. The van der Waals surface area contributed by atoms with Gasteiger partial charge in [-0.2, -0.15) is 4.72 Å². The monoisotopic (exact) mass is 454 g/mol. The van der Waals surface area contributed by atoms with Crippen LogP contribution >= 0.6 is 0 Å². The third kappa shape index (κ3) is 5.87. The highest BCUT2D eigenvalue weighted by Gasteiger charge is 2.26. The molecule has 0 aliphatic carbocycles. The Morgan fingerprint density at radius 1 is 0.938 bits per heavy atom. The minimum absolute atomic E-state index is 0.0612. The van der Waals surface area contributed by atoms with Crippen molar-refractivity contribution in [3.63, 3.8) is 0 Å². The highest BCUT2D eigenvalue weighted by Crippen LogP contribution is 2.22. The Kier molecular flexibility index (Phi) is 7.50. The van der Waals surface area contributed by atoms with E-state index in [9.17, 15) is 13.2 Å². The zero-order valence-corrected chi connectivity index (χ0v) is 19.0. The van der Waals surface area contributed by atoms with Gasteiger partial charge in [-0.25, -0.2) is 8.42 Å². The lowest BCUT2D eigenvalue weighted by Gasteiger charge is -2.19. The number of benzene rings is 3. The van der Waals surface area contributed by atoms with Gasteiger partial charge in [0.2, 0.25) is 15.9 Å². The fourth-order valence-corrected chi connectivity index (χ4v) is 4.49. The summed E-state index contributed by atoms with van der Waals surface area (Å²) >= 11 is 0. The van der Waals surface area contributed by atoms with E-state index >= 15 is 0 Å². The van der Waals surface area contributed by atoms with E-state index in [1.165, 1.54) is 19.2 Å². The summed E-state index contributed by atoms with van der Waals surface area (Å²) < 4.78 is 39.0. The zero-order chi connectivity index (χ0) is 23.1. The predicted octanol–water partition coefficient (Wildman–Crippen LogP) is 3.54. The van der Waals surface area contributed by atoms with Gasteiger partial charge < -0.3 is 14.8 Å². The molecule has 2 N–H and O–H groups in total. The first-order valence-electron chi connectivity index (χ1n) is 9.98. The number of methoxy groups -OCH3 is 2. The zero-order valence-electron chi connectivity index (χ0n) is 18.2. The molecule has 0 bridgehead atoms. The molecule has 3 aromatic rings. The molecule has 1 atom stereocenters. The smallest absolute Gasteiger partial charge is 0.242 e. The van der Waals surface area contributed by atoms with Crippen LogP contribution in [0.1, 0.15) is 11.1 Å². The molecular formula is C24H26N2O5S. The molecule has 168 valence electrons. The lowest BCUT2D eigenvalue weighted by molar-refractivity contribution is -0.117. The van der Waals surface area contributed by atoms with Crippen molar-refractivity contribution in [2.24, 2.45) is 0 Å². The summed E-state index contributed by atoms with van der Waals surface area (Å²) in [6.07, 6.45) is 0.192. The van der Waals surface area contributed by atoms with E-state index in [1.807, 2.05) is 30.3 Å². The number of hydrogen-bond donors (Lipinski definition) is 2. The van der Waals surface area contributed by atoms with E-state index in [0.717, 1.165) is 5.56 Å². The molecule has 1 amide bonds. The Bertz CT molecular complexity index is 1160. The summed E-state index contributed by atoms with van der Waals surface area (Å²) in [6.45, 7) is 1.76. The quantitative estimate of drug-likeness (QED) is 0.516. The molecule has 0 aromatic heterocycles. The summed E-state index contributed by atoms with van der Waals surface area (Å²) in [4.78, 5) is 13.1. The maximum absolute atomic E-state index is 13.1. The van der Waals surface area contributed by atoms with Crippen molar-refractivity contribution in [3.8, 4) is 11.5 Å². The van der Waals surface area contributed by atoms with Crippen molar-refractivity contribution in [2.75, 3.05) is 19.5 Å². The average Bonchev–Trinajstić information content (AvgIpc) is 2.79. The molecule has 0 aliphatic rings. The number of amides is 1. The topological polar surface area (TPSA) is 93.7 Å². The SMILES string of the molecule is COc1ccc(NC(=O)C(Cc2ccccc2)NS(=O)(=O)c2ccc(OC)c(C)c2)cc1. The molecule has 0 aliphatic heterocycles. The van der Waals surface area contributed by atoms with Crippen LogP contribution < -0.4 is 19.5 Å². The Morgan fingerprint density at radius 2 is 1.62 bits per heavy atom. The molecule has 32 heavy (non-hydrogen) atoms. The molecule has 0 spiro atoms. The fourth-order valence-electron chi connectivity index (χ4n) is 3.21. The maximum atomic E-state index is 13.1. The van der Waals surface area contributed by atoms with Crippen molar-refractivity contribution in [1.29, 1.82) is 0 Å². The highest BCUT2D eigenvalue weighted by molar-refractivity contribution is 7.89. The second-order valence-electron chi connectivity index (χ2n) is 7.21. The molecule has 3 rings (SSSR count). The van der Waals surface area contributed by atoms with Crippen LogP contribution in [0.3, 0.4) is 0 Å². The van der Waals surface area contributed by atoms with Crippen LogP contribution in [0.4, 0.5) is 5.69 Å². The second kappa shape index (κ2) is 10.3. The lowest BCUT2D eigenvalue weighted by atomic mass is 10.1. The fraction of sp³-hybridized carbons (Fsp3) is 0.208. The molecular weight excluding hydrogens is 428 g/mol. The van der Waals surface area contributed by atoms with Gasteiger partial charge in [0.1, 0.15) is 17.5 Å². The minimum Gasteiger partial charge on any atom is -0.497 e. The molecule has 0 heterocycles. The van der Waals surface area contributed by atoms with Crippen molar-refractivity contribution in [2.45, 2.75) is 24.3 Å². The van der Waals surface area contributed by atoms with Crippen molar-refractivity contribution < 1.29 is 22.7 Å². The summed E-state index contributed by atoms with van der Waals surface area (Å²) in [7, 11) is -0.885. The van der Waals surface area contributed by atoms with Gasteiger partial charge in [0.15, 0.2) is 0 Å². The number of carbonyl (C=O) groups excluding carboxylic acids is 1. The number of carbonyl (C=O) groups is 1. The lowest BCUT2D eigenvalue weighted by Crippen LogP contribution is -2.45. The molecule has 7 nitrogen and oxygen atoms in total. The van der Waals surface area contributed by atoms with Crippen molar-refractivity contribution in [3.05, 3.63) is 83.9 Å². The number of sulfonamides is 1. The van der Waals surface area contributed by atoms with Crippen LogP contribution in [0.5, 0.6) is 11.5 Å². The van der Waals surface area contributed by atoms with Gasteiger partial charge >= 0.3 is 0 Å². The number of ether oxygens (including phenoxy) is 2. The Balaban J connectivity index is 1.86. The van der Waals surface area contributed by atoms with Gasteiger partial charge in [-0.05, 0) is 66.9 Å². The average molecular weight is 455 g/mol. The minimum atomic E-state index is -3.96. The van der Waals surface area contributed by atoms with Crippen LogP contribution in [0.15, 0.2) is 77.7 Å². The maximum Gasteiger partial charge on any atom is 0.242 e. The Labute approximate surface area is 188 Å². The summed E-state index contributed by atoms with van der Waals surface area (Å²) in [5.74, 6) is 0.772. The van der Waals surface area contributed by atoms with E-state index in [1.54, 1.807) is 44.4 Å². The number of nitrogens with one attached hydrogen (secondary N) is 2. The number of anilines is 1. The van der Waals surface area contributed by atoms with Gasteiger partial charge in [-0.1, -0.05) is 30.3 Å². The standard InChI is InChI=1S/C24H26N2O5S/c1-17-15-21(13-14-23(17)31-3)32(28,29)26-22(16-18-7-5-4-6-8-18)24(27)25-19-9-11-20(30-2)12-10-19/h4-15,22,26H,16H2,1-3H3,(H,25,27). The Morgan fingerprint density at radius 3 is 2.22 bits per heavy atom. The van der Waals surface area contributed by atoms with Crippen LogP contribution in [-0.2, 0) is 21.2 Å². The van der Waals surface area contributed by atoms with Gasteiger partial charge in [0.25, 0.3) is 0 Å². The Hall–Kier alpha value is -3.36. The molecule has 0 saturated heterocycles. The largest absolute Gasteiger partial charge is 0.497 e. The third-order valence-electron chi connectivity index (χ3n) is 4.93. The van der Waals surface area contributed by atoms with E-state index in [0.29, 0.717) is 22.7 Å². The summed E-state index contributed by atoms with van der Waals surface area (Å²) in [5, 5.41) is 2.78. The predicted molar refractivity (Wildman–Crippen MR) is 124 cm³/mol. The van der Waals surface area contributed by atoms with Gasteiger partial charge in [-0.15, -0.1) is 0 Å². The first-order chi connectivity index (χ1) is 15.3. The van der Waals surface area contributed by atoms with Gasteiger partial charge in [0.05, 0.1) is 19.1 Å². The number of hydrogen-bond acceptors (Lipinski definition) is 5. The molecule has 0 radical (unpaired) electrons. The number of aryl methyl sites for hydroxylation is 1. The van der Waals surface area contributed by atoms with Gasteiger partial charge in [-0.3, -0.25) is 4.79 Å². The number of rotatable bonds is 9. The van der Waals surface area contributed by atoms with E-state index in [4.69, 9.17) is 9.47 Å². The summed E-state index contributed by atoms with van der Waals surface area (Å²) in [5.41, 5.74) is 2.04. The third-order valence-corrected chi connectivity index (χ3v) is 6.40. The second-order valence-corrected chi connectivity index (χ2v) is 8.93. The van der Waals surface area contributed by atoms with Crippen LogP contribution in [0, 0.1) is 6.92 Å².